The van der Waals surface area contributed by atoms with Gasteiger partial charge < -0.3 is 5.73 Å². The molecule has 0 heterocycles. The molecule has 0 radical (unpaired) electrons. The highest BCUT2D eigenvalue weighted by molar-refractivity contribution is 8.13. The molecular weight excluding hydrogens is 290 g/mol. The van der Waals surface area contributed by atoms with Gasteiger partial charge >= 0.3 is 0 Å². The molecule has 2 aromatic carbocycles. The molecule has 0 spiro atoms. The minimum Gasteiger partial charge on any atom is -0.378 e. The number of hydrogen-bond acceptors (Lipinski definition) is 3. The molecule has 0 saturated heterocycles. The molecule has 0 aliphatic heterocycles. The Morgan fingerprint density at radius 1 is 1.05 bits per heavy atom. The van der Waals surface area contributed by atoms with Crippen LogP contribution in [-0.2, 0) is 13.1 Å². The van der Waals surface area contributed by atoms with Gasteiger partial charge in [-0.1, -0.05) is 61.2 Å². The van der Waals surface area contributed by atoms with E-state index in [1.165, 1.54) is 11.1 Å². The van der Waals surface area contributed by atoms with Gasteiger partial charge in [0.05, 0.1) is 5.69 Å². The molecule has 2 rings (SSSR count). The van der Waals surface area contributed by atoms with E-state index in [4.69, 9.17) is 5.73 Å². The molecule has 0 fully saturated rings. The zero-order valence-electron chi connectivity index (χ0n) is 13.2. The number of aliphatic imine (C=N–C) groups is 1. The smallest absolute Gasteiger partial charge is 0.159 e. The Morgan fingerprint density at radius 3 is 2.45 bits per heavy atom. The predicted octanol–water partition coefficient (Wildman–Crippen LogP) is 4.02. The van der Waals surface area contributed by atoms with Gasteiger partial charge in [-0.15, -0.1) is 0 Å². The molecule has 0 unspecified atom stereocenters. The van der Waals surface area contributed by atoms with Crippen molar-refractivity contribution in [3.05, 3.63) is 65.7 Å². The molecule has 0 bridgehead atoms. The van der Waals surface area contributed by atoms with Crippen LogP contribution in [0.3, 0.4) is 0 Å². The SMILES string of the molecule is CCSC(N)=Nc1cccc(CN(C)Cc2ccccc2)c1. The van der Waals surface area contributed by atoms with E-state index in [2.05, 4.69) is 60.3 Å². The number of benzene rings is 2. The summed E-state index contributed by atoms with van der Waals surface area (Å²) in [4.78, 5) is 6.73. The van der Waals surface area contributed by atoms with Gasteiger partial charge in [0.1, 0.15) is 0 Å². The lowest BCUT2D eigenvalue weighted by Crippen LogP contribution is -2.17. The zero-order valence-corrected chi connectivity index (χ0v) is 14.0. The number of rotatable bonds is 6. The largest absolute Gasteiger partial charge is 0.378 e. The minimum absolute atomic E-state index is 0.622. The summed E-state index contributed by atoms with van der Waals surface area (Å²) in [5.41, 5.74) is 9.36. The van der Waals surface area contributed by atoms with Crippen molar-refractivity contribution in [1.82, 2.24) is 4.90 Å². The van der Waals surface area contributed by atoms with Crippen LogP contribution in [0.4, 0.5) is 5.69 Å². The quantitative estimate of drug-likeness (QED) is 0.647. The van der Waals surface area contributed by atoms with Crippen molar-refractivity contribution in [2.45, 2.75) is 20.0 Å². The number of hydrogen-bond donors (Lipinski definition) is 1. The lowest BCUT2D eigenvalue weighted by atomic mass is 10.1. The third-order valence-electron chi connectivity index (χ3n) is 3.19. The van der Waals surface area contributed by atoms with Gasteiger partial charge in [0.15, 0.2) is 5.17 Å². The molecule has 0 aliphatic carbocycles. The fraction of sp³-hybridized carbons (Fsp3) is 0.278. The Morgan fingerprint density at radius 2 is 1.73 bits per heavy atom. The van der Waals surface area contributed by atoms with E-state index < -0.39 is 0 Å². The monoisotopic (exact) mass is 313 g/mol. The second-order valence-electron chi connectivity index (χ2n) is 5.21. The van der Waals surface area contributed by atoms with Crippen LogP contribution in [-0.4, -0.2) is 22.9 Å². The van der Waals surface area contributed by atoms with E-state index in [-0.39, 0.29) is 0 Å². The van der Waals surface area contributed by atoms with Crippen molar-refractivity contribution in [3.8, 4) is 0 Å². The highest BCUT2D eigenvalue weighted by Crippen LogP contribution is 2.17. The fourth-order valence-corrected chi connectivity index (χ4v) is 2.76. The summed E-state index contributed by atoms with van der Waals surface area (Å²) >= 11 is 1.56. The fourth-order valence-electron chi connectivity index (χ4n) is 2.29. The summed E-state index contributed by atoms with van der Waals surface area (Å²) in [6.45, 7) is 3.89. The molecule has 116 valence electrons. The summed E-state index contributed by atoms with van der Waals surface area (Å²) in [6, 6.07) is 18.8. The van der Waals surface area contributed by atoms with Gasteiger partial charge in [-0.25, -0.2) is 4.99 Å². The highest BCUT2D eigenvalue weighted by atomic mass is 32.2. The predicted molar refractivity (Wildman–Crippen MR) is 97.5 cm³/mol. The van der Waals surface area contributed by atoms with Gasteiger partial charge in [0.2, 0.25) is 0 Å². The van der Waals surface area contributed by atoms with E-state index in [0.717, 1.165) is 24.5 Å². The Bertz CT molecular complexity index is 611. The van der Waals surface area contributed by atoms with Gasteiger partial charge in [-0.2, -0.15) is 0 Å². The second kappa shape index (κ2) is 8.61. The number of amidine groups is 1. The molecule has 0 atom stereocenters. The van der Waals surface area contributed by atoms with Gasteiger partial charge in [-0.05, 0) is 36.1 Å². The summed E-state index contributed by atoms with van der Waals surface area (Å²) in [5.74, 6) is 0.939. The summed E-state index contributed by atoms with van der Waals surface area (Å²) in [7, 11) is 2.13. The van der Waals surface area contributed by atoms with E-state index in [9.17, 15) is 0 Å². The van der Waals surface area contributed by atoms with E-state index in [0.29, 0.717) is 5.17 Å². The maximum Gasteiger partial charge on any atom is 0.159 e. The topological polar surface area (TPSA) is 41.6 Å². The Kier molecular flexibility index (Phi) is 6.49. The molecule has 4 heteroatoms. The third kappa shape index (κ3) is 5.54. The van der Waals surface area contributed by atoms with Crippen molar-refractivity contribution >= 4 is 22.6 Å². The number of thioether (sulfide) groups is 1. The molecule has 0 aromatic heterocycles. The van der Waals surface area contributed by atoms with Crippen molar-refractivity contribution in [2.24, 2.45) is 10.7 Å². The van der Waals surface area contributed by atoms with Crippen molar-refractivity contribution in [1.29, 1.82) is 0 Å². The van der Waals surface area contributed by atoms with E-state index >= 15 is 0 Å². The van der Waals surface area contributed by atoms with Gasteiger partial charge in [0.25, 0.3) is 0 Å². The molecule has 2 aromatic rings. The number of nitrogens with two attached hydrogens (primary N) is 1. The maximum atomic E-state index is 5.87. The second-order valence-corrected chi connectivity index (χ2v) is 6.50. The average Bonchev–Trinajstić information content (AvgIpc) is 2.48. The van der Waals surface area contributed by atoms with Crippen molar-refractivity contribution in [3.63, 3.8) is 0 Å². The average molecular weight is 313 g/mol. The molecule has 0 amide bonds. The first-order chi connectivity index (χ1) is 10.7. The lowest BCUT2D eigenvalue weighted by molar-refractivity contribution is 0.319. The molecule has 0 saturated carbocycles. The van der Waals surface area contributed by atoms with E-state index in [1.54, 1.807) is 11.8 Å². The molecular formula is C18H23N3S. The molecule has 22 heavy (non-hydrogen) atoms. The van der Waals surface area contributed by atoms with Crippen molar-refractivity contribution < 1.29 is 0 Å². The van der Waals surface area contributed by atoms with Gasteiger partial charge in [-0.3, -0.25) is 4.90 Å². The Hall–Kier alpha value is -1.78. The molecule has 3 nitrogen and oxygen atoms in total. The summed E-state index contributed by atoms with van der Waals surface area (Å²) in [5, 5.41) is 0.622. The third-order valence-corrected chi connectivity index (χ3v) is 3.87. The summed E-state index contributed by atoms with van der Waals surface area (Å²) < 4.78 is 0. The van der Waals surface area contributed by atoms with Gasteiger partial charge in [0, 0.05) is 13.1 Å². The summed E-state index contributed by atoms with van der Waals surface area (Å²) in [6.07, 6.45) is 0. The first-order valence-corrected chi connectivity index (χ1v) is 8.44. The van der Waals surface area contributed by atoms with Crippen LogP contribution >= 0.6 is 11.8 Å². The van der Waals surface area contributed by atoms with Crippen LogP contribution in [0.5, 0.6) is 0 Å². The van der Waals surface area contributed by atoms with E-state index in [1.807, 2.05) is 18.2 Å². The Labute approximate surface area is 137 Å². The van der Waals surface area contributed by atoms with Crippen LogP contribution in [0.1, 0.15) is 18.1 Å². The first-order valence-electron chi connectivity index (χ1n) is 7.45. The zero-order chi connectivity index (χ0) is 15.8. The minimum atomic E-state index is 0.622. The van der Waals surface area contributed by atoms with Crippen LogP contribution in [0.15, 0.2) is 59.6 Å². The number of nitrogens with zero attached hydrogens (tertiary/aromatic N) is 2. The standard InChI is InChI=1S/C18H23N3S/c1-3-22-18(19)20-17-11-7-10-16(12-17)14-21(2)13-15-8-5-4-6-9-15/h4-12H,3,13-14H2,1-2H3,(H2,19,20). The van der Waals surface area contributed by atoms with Crippen LogP contribution < -0.4 is 5.73 Å². The molecule has 2 N–H and O–H groups in total. The normalized spacial score (nSPS) is 11.9. The van der Waals surface area contributed by atoms with Crippen LogP contribution in [0.25, 0.3) is 0 Å². The first kappa shape index (κ1) is 16.6. The Balaban J connectivity index is 1.99. The van der Waals surface area contributed by atoms with Crippen LogP contribution in [0.2, 0.25) is 0 Å². The van der Waals surface area contributed by atoms with Crippen molar-refractivity contribution in [2.75, 3.05) is 12.8 Å². The molecule has 0 aliphatic rings. The highest BCUT2D eigenvalue weighted by Gasteiger charge is 2.03. The maximum absolute atomic E-state index is 5.87. The van der Waals surface area contributed by atoms with Crippen LogP contribution in [0, 0.1) is 0 Å². The lowest BCUT2D eigenvalue weighted by Gasteiger charge is -2.17.